The Balaban J connectivity index is 0.000000147. The molecule has 2 aliphatic rings. The number of para-hydroxylation sites is 1. The van der Waals surface area contributed by atoms with Crippen LogP contribution in [-0.4, -0.2) is 17.8 Å². The van der Waals surface area contributed by atoms with E-state index < -0.39 is 0 Å². The molecule has 1 aliphatic heterocycles. The minimum Gasteiger partial charge on any atom is -0.489 e. The van der Waals surface area contributed by atoms with Gasteiger partial charge >= 0.3 is 0 Å². The van der Waals surface area contributed by atoms with Crippen molar-refractivity contribution in [3.63, 3.8) is 0 Å². The van der Waals surface area contributed by atoms with Crippen molar-refractivity contribution < 1.29 is 9.84 Å². The Morgan fingerprint density at radius 2 is 2.00 bits per heavy atom. The fraction of sp³-hybridized carbons (Fsp3) is 0.333. The van der Waals surface area contributed by atoms with Crippen LogP contribution in [0.5, 0.6) is 5.75 Å². The second kappa shape index (κ2) is 7.71. The van der Waals surface area contributed by atoms with Gasteiger partial charge in [0.05, 0.1) is 6.10 Å². The van der Waals surface area contributed by atoms with Crippen LogP contribution in [0.2, 0.25) is 0 Å². The summed E-state index contributed by atoms with van der Waals surface area (Å²) in [5.74, 6) is 1.35. The zero-order chi connectivity index (χ0) is 14.2. The Kier molecular flexibility index (Phi) is 5.63. The van der Waals surface area contributed by atoms with E-state index in [1.807, 2.05) is 48.6 Å². The van der Waals surface area contributed by atoms with E-state index in [2.05, 4.69) is 19.1 Å². The van der Waals surface area contributed by atoms with Crippen molar-refractivity contribution in [2.45, 2.75) is 25.9 Å². The first-order valence-corrected chi connectivity index (χ1v) is 7.22. The summed E-state index contributed by atoms with van der Waals surface area (Å²) in [5, 5.41) is 9.36. The smallest absolute Gasteiger partial charge is 0.126 e. The first-order chi connectivity index (χ1) is 9.81. The molecule has 2 heteroatoms. The van der Waals surface area contributed by atoms with E-state index in [1.165, 1.54) is 5.56 Å². The summed E-state index contributed by atoms with van der Waals surface area (Å²) in [7, 11) is 0. The maximum Gasteiger partial charge on any atom is 0.126 e. The van der Waals surface area contributed by atoms with Gasteiger partial charge in [-0.1, -0.05) is 61.9 Å². The number of aliphatic hydroxyl groups is 1. The van der Waals surface area contributed by atoms with Gasteiger partial charge in [-0.2, -0.15) is 0 Å². The topological polar surface area (TPSA) is 29.5 Å². The Labute approximate surface area is 121 Å². The third-order valence-corrected chi connectivity index (χ3v) is 3.39. The highest BCUT2D eigenvalue weighted by molar-refractivity contribution is 5.58. The monoisotopic (exact) mass is 270 g/mol. The van der Waals surface area contributed by atoms with Crippen molar-refractivity contribution in [1.29, 1.82) is 0 Å². The molecule has 106 valence electrons. The summed E-state index contributed by atoms with van der Waals surface area (Å²) in [6.45, 7) is 2.84. The molecule has 0 radical (unpaired) electrons. The van der Waals surface area contributed by atoms with Crippen LogP contribution in [0.1, 0.15) is 25.3 Å². The normalized spacial score (nSPS) is 22.5. The molecule has 1 aliphatic carbocycles. The molecule has 1 heterocycles. The third-order valence-electron chi connectivity index (χ3n) is 3.39. The summed E-state index contributed by atoms with van der Waals surface area (Å²) < 4.78 is 5.34. The average molecular weight is 270 g/mol. The van der Waals surface area contributed by atoms with Gasteiger partial charge in [-0.15, -0.1) is 0 Å². The maximum atomic E-state index is 9.36. The number of allylic oxidation sites excluding steroid dienone is 2. The lowest BCUT2D eigenvalue weighted by Crippen LogP contribution is -2.17. The van der Waals surface area contributed by atoms with Gasteiger partial charge in [0.1, 0.15) is 12.4 Å². The highest BCUT2D eigenvalue weighted by atomic mass is 16.5. The molecule has 1 aromatic carbocycles. The molecule has 20 heavy (non-hydrogen) atoms. The Bertz CT molecular complexity index is 500. The molecule has 0 amide bonds. The number of rotatable bonds is 2. The minimum absolute atomic E-state index is 0.245. The van der Waals surface area contributed by atoms with Crippen molar-refractivity contribution in [2.75, 3.05) is 6.61 Å². The molecule has 2 nitrogen and oxygen atoms in total. The van der Waals surface area contributed by atoms with Crippen LogP contribution < -0.4 is 4.74 Å². The summed E-state index contributed by atoms with van der Waals surface area (Å²) in [6, 6.07) is 8.03. The quantitative estimate of drug-likeness (QED) is 0.880. The van der Waals surface area contributed by atoms with Crippen LogP contribution in [0.4, 0.5) is 0 Å². The molecule has 0 saturated heterocycles. The van der Waals surface area contributed by atoms with Gasteiger partial charge in [-0.25, -0.2) is 0 Å². The maximum absolute atomic E-state index is 9.36. The molecule has 0 fully saturated rings. The first-order valence-electron chi connectivity index (χ1n) is 7.22. The van der Waals surface area contributed by atoms with Gasteiger partial charge in [0.15, 0.2) is 0 Å². The highest BCUT2D eigenvalue weighted by Crippen LogP contribution is 2.21. The van der Waals surface area contributed by atoms with Gasteiger partial charge in [-0.3, -0.25) is 0 Å². The highest BCUT2D eigenvalue weighted by Gasteiger charge is 2.13. The van der Waals surface area contributed by atoms with E-state index >= 15 is 0 Å². The lowest BCUT2D eigenvalue weighted by molar-refractivity contribution is 0.169. The van der Waals surface area contributed by atoms with Gasteiger partial charge < -0.3 is 9.84 Å². The predicted molar refractivity (Wildman–Crippen MR) is 83.7 cm³/mol. The van der Waals surface area contributed by atoms with Crippen molar-refractivity contribution in [3.05, 3.63) is 60.2 Å². The number of ether oxygens (including phenoxy) is 1. The number of benzene rings is 1. The number of hydrogen-bond acceptors (Lipinski definition) is 2. The van der Waals surface area contributed by atoms with E-state index in [1.54, 1.807) is 0 Å². The van der Waals surface area contributed by atoms with Gasteiger partial charge in [-0.05, 0) is 18.6 Å². The summed E-state index contributed by atoms with van der Waals surface area (Å²) in [4.78, 5) is 0. The van der Waals surface area contributed by atoms with Gasteiger partial charge in [0.2, 0.25) is 0 Å². The lowest BCUT2D eigenvalue weighted by Gasteiger charge is -2.17. The van der Waals surface area contributed by atoms with Crippen LogP contribution >= 0.6 is 0 Å². The van der Waals surface area contributed by atoms with E-state index in [4.69, 9.17) is 4.74 Å². The Morgan fingerprint density at radius 1 is 1.20 bits per heavy atom. The molecule has 3 rings (SSSR count). The van der Waals surface area contributed by atoms with E-state index in [0.29, 0.717) is 12.5 Å². The Hall–Kier alpha value is -1.80. The van der Waals surface area contributed by atoms with Crippen LogP contribution in [0.25, 0.3) is 6.08 Å². The third kappa shape index (κ3) is 4.10. The molecule has 2 atom stereocenters. The Morgan fingerprint density at radius 3 is 2.75 bits per heavy atom. The number of aliphatic hydroxyl groups excluding tert-OH is 1. The molecular weight excluding hydrogens is 248 g/mol. The molecular formula is C18H22O2. The average Bonchev–Trinajstić information content (AvgIpc) is 2.51. The van der Waals surface area contributed by atoms with Crippen LogP contribution in [0.15, 0.2) is 54.6 Å². The van der Waals surface area contributed by atoms with Gasteiger partial charge in [0.25, 0.3) is 0 Å². The molecule has 0 aromatic heterocycles. The fourth-order valence-corrected chi connectivity index (χ4v) is 2.30. The van der Waals surface area contributed by atoms with E-state index in [9.17, 15) is 5.11 Å². The molecule has 1 N–H and O–H groups in total. The van der Waals surface area contributed by atoms with Gasteiger partial charge in [0, 0.05) is 11.5 Å². The van der Waals surface area contributed by atoms with Crippen molar-refractivity contribution in [2.24, 2.45) is 5.92 Å². The van der Waals surface area contributed by atoms with Crippen LogP contribution in [0.3, 0.4) is 0 Å². The summed E-state index contributed by atoms with van der Waals surface area (Å²) in [6.07, 6.45) is 13.9. The van der Waals surface area contributed by atoms with Crippen LogP contribution in [-0.2, 0) is 0 Å². The largest absolute Gasteiger partial charge is 0.489 e. The number of hydrogen-bond donors (Lipinski definition) is 1. The molecule has 2 unspecified atom stereocenters. The van der Waals surface area contributed by atoms with E-state index in [-0.39, 0.29) is 6.10 Å². The zero-order valence-corrected chi connectivity index (χ0v) is 11.9. The molecule has 0 spiro atoms. The zero-order valence-electron chi connectivity index (χ0n) is 11.9. The lowest BCUT2D eigenvalue weighted by atomic mass is 9.93. The number of fused-ring (bicyclic) bond motifs is 1. The molecule has 1 aromatic rings. The first kappa shape index (κ1) is 14.6. The summed E-state index contributed by atoms with van der Waals surface area (Å²) >= 11 is 0. The molecule has 0 saturated carbocycles. The van der Waals surface area contributed by atoms with Crippen molar-refractivity contribution in [3.8, 4) is 5.75 Å². The van der Waals surface area contributed by atoms with Crippen molar-refractivity contribution >= 4 is 6.08 Å². The summed E-state index contributed by atoms with van der Waals surface area (Å²) in [5.41, 5.74) is 1.17. The fourth-order valence-electron chi connectivity index (χ4n) is 2.30. The second-order valence-electron chi connectivity index (χ2n) is 4.96. The van der Waals surface area contributed by atoms with E-state index in [0.717, 1.165) is 18.6 Å². The standard InChI is InChI=1S/C9H8O.C9H14O/c1-2-6-9-8(4-1)5-3-7-10-9;1-2-5-8-6-3-4-7-9(8)10/h1-6H,7H2;3-4,6-10H,2,5H2,1H3. The minimum atomic E-state index is -0.245. The van der Waals surface area contributed by atoms with Crippen LogP contribution in [0, 0.1) is 5.92 Å². The molecule has 0 bridgehead atoms. The SMILES string of the molecule is C1=Cc2ccccc2OC1.CCCC1C=CC=CC1O. The predicted octanol–water partition coefficient (Wildman–Crippen LogP) is 3.98. The van der Waals surface area contributed by atoms with Crippen molar-refractivity contribution in [1.82, 2.24) is 0 Å². The second-order valence-corrected chi connectivity index (χ2v) is 4.96.